The van der Waals surface area contributed by atoms with Crippen LogP contribution >= 0.6 is 0 Å². The second-order valence-corrected chi connectivity index (χ2v) is 9.70. The molecule has 0 aliphatic carbocycles. The molecule has 0 unspecified atom stereocenters. The van der Waals surface area contributed by atoms with E-state index in [0.717, 1.165) is 5.56 Å². The van der Waals surface area contributed by atoms with Gasteiger partial charge in [0.05, 0.1) is 16.3 Å². The van der Waals surface area contributed by atoms with Gasteiger partial charge in [0.15, 0.2) is 0 Å². The van der Waals surface area contributed by atoms with Crippen molar-refractivity contribution in [3.63, 3.8) is 0 Å². The van der Waals surface area contributed by atoms with Crippen molar-refractivity contribution in [2.75, 3.05) is 21.3 Å². The first-order chi connectivity index (χ1) is 11.8. The van der Waals surface area contributed by atoms with Crippen LogP contribution in [-0.2, 0) is 26.5 Å². The van der Waals surface area contributed by atoms with Crippen molar-refractivity contribution in [3.8, 4) is 0 Å². The van der Waals surface area contributed by atoms with Crippen LogP contribution in [0.3, 0.4) is 0 Å². The molecule has 6 nitrogen and oxygen atoms in total. The van der Waals surface area contributed by atoms with Crippen molar-refractivity contribution in [1.82, 2.24) is 0 Å². The van der Waals surface area contributed by atoms with Crippen molar-refractivity contribution in [2.45, 2.75) is 24.7 Å². The second kappa shape index (κ2) is 6.68. The van der Waals surface area contributed by atoms with Crippen LogP contribution in [0, 0.1) is 0 Å². The first-order valence-corrected chi connectivity index (χ1v) is 11.1. The molecule has 1 heterocycles. The fraction of sp³-hybridized carbons (Fsp3) is 0.294. The highest BCUT2D eigenvalue weighted by molar-refractivity contribution is 7.93. The Morgan fingerprint density at radius 2 is 1.76 bits per heavy atom. The van der Waals surface area contributed by atoms with E-state index in [4.69, 9.17) is 0 Å². The van der Waals surface area contributed by atoms with Gasteiger partial charge in [0, 0.05) is 12.2 Å². The highest BCUT2D eigenvalue weighted by Gasteiger charge is 2.26. The van der Waals surface area contributed by atoms with Gasteiger partial charge in [-0.05, 0) is 55.7 Å². The first-order valence-electron chi connectivity index (χ1n) is 8.05. The Kier molecular flexibility index (Phi) is 4.75. The average Bonchev–Trinajstić information content (AvgIpc) is 2.61. The molecule has 0 atom stereocenters. The first kappa shape index (κ1) is 17.8. The van der Waals surface area contributed by atoms with Crippen LogP contribution in [0.4, 0.5) is 11.4 Å². The number of sulfonamides is 2. The van der Waals surface area contributed by atoms with Crippen molar-refractivity contribution < 1.29 is 16.8 Å². The molecule has 2 aromatic carbocycles. The lowest BCUT2D eigenvalue weighted by atomic mass is 10.0. The summed E-state index contributed by atoms with van der Waals surface area (Å²) in [5.41, 5.74) is 1.89. The number of nitrogens with zero attached hydrogens (tertiary/aromatic N) is 1. The molecule has 1 N–H and O–H groups in total. The highest BCUT2D eigenvalue weighted by atomic mass is 32.2. The number of fused-ring (bicyclic) bond motifs is 1. The van der Waals surface area contributed by atoms with Crippen LogP contribution in [0.25, 0.3) is 0 Å². The number of hydrogen-bond donors (Lipinski definition) is 1. The van der Waals surface area contributed by atoms with Crippen molar-refractivity contribution in [1.29, 1.82) is 0 Å². The minimum Gasteiger partial charge on any atom is -0.280 e. The lowest BCUT2D eigenvalue weighted by Crippen LogP contribution is -2.36. The van der Waals surface area contributed by atoms with E-state index >= 15 is 0 Å². The maximum atomic E-state index is 12.4. The van der Waals surface area contributed by atoms with E-state index in [-0.39, 0.29) is 10.6 Å². The molecule has 1 aliphatic heterocycles. The Balaban J connectivity index is 1.92. The van der Waals surface area contributed by atoms with Gasteiger partial charge in [0.2, 0.25) is 10.0 Å². The van der Waals surface area contributed by atoms with Gasteiger partial charge in [0.25, 0.3) is 10.0 Å². The normalized spacial score (nSPS) is 14.8. The summed E-state index contributed by atoms with van der Waals surface area (Å²) in [6.07, 6.45) is 1.42. The SMILES string of the molecule is CCS(=O)(=O)N1CCCc2cc(NS(=O)(=O)c3ccccc3)ccc21. The molecule has 0 radical (unpaired) electrons. The molecule has 0 saturated heterocycles. The van der Waals surface area contributed by atoms with Gasteiger partial charge < -0.3 is 0 Å². The van der Waals surface area contributed by atoms with E-state index in [9.17, 15) is 16.8 Å². The monoisotopic (exact) mass is 380 g/mol. The summed E-state index contributed by atoms with van der Waals surface area (Å²) < 4.78 is 53.3. The standard InChI is InChI=1S/C17H20N2O4S2/c1-2-24(20,21)19-12-6-7-14-13-15(10-11-17(14)19)18-25(22,23)16-8-4-3-5-9-16/h3-5,8-11,13,18H,2,6-7,12H2,1H3. The van der Waals surface area contributed by atoms with Gasteiger partial charge in [0.1, 0.15) is 0 Å². The number of hydrogen-bond acceptors (Lipinski definition) is 4. The van der Waals surface area contributed by atoms with E-state index in [1.807, 2.05) is 0 Å². The highest BCUT2D eigenvalue weighted by Crippen LogP contribution is 2.32. The van der Waals surface area contributed by atoms with E-state index in [1.165, 1.54) is 16.4 Å². The van der Waals surface area contributed by atoms with Crippen LogP contribution in [-0.4, -0.2) is 29.1 Å². The van der Waals surface area contributed by atoms with E-state index in [1.54, 1.807) is 43.3 Å². The number of aryl methyl sites for hydroxylation is 1. The molecule has 8 heteroatoms. The minimum atomic E-state index is -3.67. The molecule has 1 aliphatic rings. The molecule has 0 amide bonds. The molecule has 3 rings (SSSR count). The van der Waals surface area contributed by atoms with Crippen molar-refractivity contribution in [2.24, 2.45) is 0 Å². The molecular formula is C17H20N2O4S2. The topological polar surface area (TPSA) is 83.6 Å². The summed E-state index contributed by atoms with van der Waals surface area (Å²) in [4.78, 5) is 0.183. The van der Waals surface area contributed by atoms with Crippen LogP contribution in [0.5, 0.6) is 0 Å². The zero-order valence-electron chi connectivity index (χ0n) is 13.8. The Morgan fingerprint density at radius 3 is 2.44 bits per heavy atom. The van der Waals surface area contributed by atoms with Crippen molar-refractivity contribution in [3.05, 3.63) is 54.1 Å². The van der Waals surface area contributed by atoms with E-state index in [2.05, 4.69) is 4.72 Å². The van der Waals surface area contributed by atoms with Crippen LogP contribution in [0.1, 0.15) is 18.9 Å². The zero-order valence-corrected chi connectivity index (χ0v) is 15.5. The van der Waals surface area contributed by atoms with Crippen LogP contribution in [0.2, 0.25) is 0 Å². The third kappa shape index (κ3) is 3.64. The summed E-state index contributed by atoms with van der Waals surface area (Å²) in [6, 6.07) is 13.1. The van der Waals surface area contributed by atoms with Gasteiger partial charge in [-0.3, -0.25) is 9.03 Å². The second-order valence-electron chi connectivity index (χ2n) is 5.84. The van der Waals surface area contributed by atoms with Crippen LogP contribution < -0.4 is 9.03 Å². The number of nitrogens with one attached hydrogen (secondary N) is 1. The third-order valence-electron chi connectivity index (χ3n) is 4.16. The molecular weight excluding hydrogens is 360 g/mol. The Labute approximate surface area is 148 Å². The largest absolute Gasteiger partial charge is 0.280 e. The number of anilines is 2. The van der Waals surface area contributed by atoms with Gasteiger partial charge in [-0.2, -0.15) is 0 Å². The Morgan fingerprint density at radius 1 is 1.04 bits per heavy atom. The summed E-state index contributed by atoms with van der Waals surface area (Å²) in [6.45, 7) is 2.07. The summed E-state index contributed by atoms with van der Waals surface area (Å²) in [5.74, 6) is 0.0365. The summed E-state index contributed by atoms with van der Waals surface area (Å²) in [5, 5.41) is 0. The van der Waals surface area contributed by atoms with Gasteiger partial charge in [-0.1, -0.05) is 18.2 Å². The van der Waals surface area contributed by atoms with Gasteiger partial charge in [-0.25, -0.2) is 16.8 Å². The smallest absolute Gasteiger partial charge is 0.261 e. The van der Waals surface area contributed by atoms with Crippen LogP contribution in [0.15, 0.2) is 53.4 Å². The van der Waals surface area contributed by atoms with E-state index in [0.29, 0.717) is 30.8 Å². The average molecular weight is 380 g/mol. The molecule has 134 valence electrons. The number of rotatable bonds is 5. The fourth-order valence-corrected chi connectivity index (χ4v) is 5.15. The molecule has 0 saturated carbocycles. The van der Waals surface area contributed by atoms with Gasteiger partial charge >= 0.3 is 0 Å². The Hall–Kier alpha value is -2.06. The molecule has 25 heavy (non-hydrogen) atoms. The predicted octanol–water partition coefficient (Wildman–Crippen LogP) is 2.59. The quantitative estimate of drug-likeness (QED) is 0.864. The third-order valence-corrected chi connectivity index (χ3v) is 7.34. The zero-order chi connectivity index (χ0) is 18.1. The lowest BCUT2D eigenvalue weighted by Gasteiger charge is -2.30. The minimum absolute atomic E-state index is 0.0365. The maximum Gasteiger partial charge on any atom is 0.261 e. The summed E-state index contributed by atoms with van der Waals surface area (Å²) >= 11 is 0. The Bertz CT molecular complexity index is 971. The maximum absolute atomic E-state index is 12.4. The molecule has 0 fully saturated rings. The number of benzene rings is 2. The van der Waals surface area contributed by atoms with Crippen molar-refractivity contribution >= 4 is 31.4 Å². The molecule has 0 bridgehead atoms. The summed E-state index contributed by atoms with van der Waals surface area (Å²) in [7, 11) is -7.00. The molecule has 0 spiro atoms. The molecule has 0 aromatic heterocycles. The lowest BCUT2D eigenvalue weighted by molar-refractivity contribution is 0.587. The molecule has 2 aromatic rings. The predicted molar refractivity (Wildman–Crippen MR) is 98.8 cm³/mol. The fourth-order valence-electron chi connectivity index (χ4n) is 2.88. The van der Waals surface area contributed by atoms with E-state index < -0.39 is 20.0 Å². The van der Waals surface area contributed by atoms with Gasteiger partial charge in [-0.15, -0.1) is 0 Å².